The van der Waals surface area contributed by atoms with Gasteiger partial charge in [0.2, 0.25) is 5.91 Å². The highest BCUT2D eigenvalue weighted by molar-refractivity contribution is 5.85. The molecule has 2 unspecified atom stereocenters. The van der Waals surface area contributed by atoms with Gasteiger partial charge in [0, 0.05) is 0 Å². The molecule has 0 radical (unpaired) electrons. The topological polar surface area (TPSA) is 64.3 Å². The summed E-state index contributed by atoms with van der Waals surface area (Å²) in [6.07, 6.45) is 3.31. The van der Waals surface area contributed by atoms with Crippen LogP contribution >= 0.6 is 0 Å². The molecule has 0 saturated heterocycles. The molecule has 1 saturated carbocycles. The maximum absolute atomic E-state index is 11.8. The van der Waals surface area contributed by atoms with Crippen LogP contribution in [0.2, 0.25) is 0 Å². The number of nitrogens with one attached hydrogen (secondary N) is 1. The van der Waals surface area contributed by atoms with Gasteiger partial charge in [0.25, 0.3) is 0 Å². The Labute approximate surface area is 111 Å². The Bertz CT molecular complexity index is 277. The van der Waals surface area contributed by atoms with Gasteiger partial charge in [0.05, 0.1) is 12.7 Å². The Morgan fingerprint density at radius 2 is 2.06 bits per heavy atom. The minimum atomic E-state index is -0.653. The fourth-order valence-electron chi connectivity index (χ4n) is 2.57. The largest absolute Gasteiger partial charge is 0.376 e. The third-order valence-corrected chi connectivity index (χ3v) is 3.61. The van der Waals surface area contributed by atoms with Crippen molar-refractivity contribution in [3.05, 3.63) is 0 Å². The molecule has 0 spiro atoms. The van der Waals surface area contributed by atoms with Crippen LogP contribution in [0.3, 0.4) is 0 Å². The van der Waals surface area contributed by atoms with E-state index in [0.717, 1.165) is 25.8 Å². The van der Waals surface area contributed by atoms with Crippen LogP contribution in [0.4, 0.5) is 0 Å². The van der Waals surface area contributed by atoms with Crippen molar-refractivity contribution >= 4 is 5.91 Å². The first-order chi connectivity index (χ1) is 8.42. The van der Waals surface area contributed by atoms with E-state index in [2.05, 4.69) is 26.1 Å². The molecule has 1 fully saturated rings. The third-order valence-electron chi connectivity index (χ3n) is 3.61. The fourth-order valence-corrected chi connectivity index (χ4v) is 2.57. The second kappa shape index (κ2) is 6.53. The number of hydrogen-bond acceptors (Lipinski definition) is 3. The molecule has 0 aromatic heterocycles. The van der Waals surface area contributed by atoms with E-state index in [9.17, 15) is 4.79 Å². The summed E-state index contributed by atoms with van der Waals surface area (Å²) >= 11 is 0. The van der Waals surface area contributed by atoms with Crippen molar-refractivity contribution < 1.29 is 9.53 Å². The van der Waals surface area contributed by atoms with E-state index in [0.29, 0.717) is 18.4 Å². The van der Waals surface area contributed by atoms with Gasteiger partial charge in [-0.15, -0.1) is 0 Å². The number of nitrogens with two attached hydrogens (primary N) is 1. The van der Waals surface area contributed by atoms with Gasteiger partial charge in [-0.1, -0.05) is 20.8 Å². The van der Waals surface area contributed by atoms with E-state index >= 15 is 0 Å². The number of hydrogen-bond donors (Lipinski definition) is 2. The molecule has 1 rings (SSSR count). The first-order valence-electron chi connectivity index (χ1n) is 7.09. The van der Waals surface area contributed by atoms with E-state index in [1.165, 1.54) is 0 Å². The van der Waals surface area contributed by atoms with Crippen LogP contribution in [0, 0.1) is 11.8 Å². The molecule has 0 aromatic carbocycles. The highest BCUT2D eigenvalue weighted by atomic mass is 16.5. The Morgan fingerprint density at radius 1 is 1.44 bits per heavy atom. The molecule has 106 valence electrons. The van der Waals surface area contributed by atoms with Gasteiger partial charge in [0.15, 0.2) is 0 Å². The molecule has 2 atom stereocenters. The third kappa shape index (κ3) is 3.95. The predicted octanol–water partition coefficient (Wildman–Crippen LogP) is 1.68. The van der Waals surface area contributed by atoms with Crippen LogP contribution in [0.5, 0.6) is 0 Å². The van der Waals surface area contributed by atoms with Crippen molar-refractivity contribution in [3.63, 3.8) is 0 Å². The van der Waals surface area contributed by atoms with E-state index < -0.39 is 5.54 Å². The standard InChI is InChI=1S/C14H28N2O2/c1-5-16-14(13(15)17,12-6-7-12)9-18-11(4)8-10(2)3/h10-12,16H,5-9H2,1-4H3,(H2,15,17). The molecule has 0 aromatic rings. The first-order valence-corrected chi connectivity index (χ1v) is 7.09. The minimum absolute atomic E-state index is 0.168. The Kier molecular flexibility index (Phi) is 5.60. The van der Waals surface area contributed by atoms with Crippen LogP contribution < -0.4 is 11.1 Å². The second-order valence-electron chi connectivity index (χ2n) is 5.89. The summed E-state index contributed by atoms with van der Waals surface area (Å²) in [6.45, 7) is 9.54. The van der Waals surface area contributed by atoms with Crippen molar-refractivity contribution in [2.45, 2.75) is 58.6 Å². The SMILES string of the molecule is CCNC(COC(C)CC(C)C)(C(N)=O)C1CC1. The molecule has 1 aliphatic rings. The van der Waals surface area contributed by atoms with Gasteiger partial charge in [0.1, 0.15) is 5.54 Å². The van der Waals surface area contributed by atoms with Crippen molar-refractivity contribution in [1.29, 1.82) is 0 Å². The number of ether oxygens (including phenoxy) is 1. The summed E-state index contributed by atoms with van der Waals surface area (Å²) in [5.41, 5.74) is 4.95. The Morgan fingerprint density at radius 3 is 2.44 bits per heavy atom. The zero-order valence-corrected chi connectivity index (χ0v) is 12.2. The highest BCUT2D eigenvalue weighted by Crippen LogP contribution is 2.40. The monoisotopic (exact) mass is 256 g/mol. The molecule has 0 aliphatic heterocycles. The van der Waals surface area contributed by atoms with Gasteiger partial charge in [-0.3, -0.25) is 4.79 Å². The molecular weight excluding hydrogens is 228 g/mol. The molecule has 4 heteroatoms. The Hall–Kier alpha value is -0.610. The lowest BCUT2D eigenvalue weighted by Crippen LogP contribution is -2.60. The summed E-state index contributed by atoms with van der Waals surface area (Å²) in [7, 11) is 0. The van der Waals surface area contributed by atoms with Crippen LogP contribution in [0.1, 0.15) is 47.0 Å². The number of likely N-dealkylation sites (N-methyl/N-ethyl adjacent to an activating group) is 1. The molecule has 18 heavy (non-hydrogen) atoms. The van der Waals surface area contributed by atoms with E-state index in [4.69, 9.17) is 10.5 Å². The number of primary amides is 1. The summed E-state index contributed by atoms with van der Waals surface area (Å²) in [5.74, 6) is 0.674. The molecule has 1 amide bonds. The highest BCUT2D eigenvalue weighted by Gasteiger charge is 2.49. The van der Waals surface area contributed by atoms with Gasteiger partial charge < -0.3 is 15.8 Å². The number of carbonyl (C=O) groups excluding carboxylic acids is 1. The van der Waals surface area contributed by atoms with Gasteiger partial charge in [-0.05, 0) is 44.6 Å². The molecule has 1 aliphatic carbocycles. The average molecular weight is 256 g/mol. The van der Waals surface area contributed by atoms with E-state index in [-0.39, 0.29) is 12.0 Å². The summed E-state index contributed by atoms with van der Waals surface area (Å²) in [6, 6.07) is 0. The molecular formula is C14H28N2O2. The lowest BCUT2D eigenvalue weighted by molar-refractivity contribution is -0.129. The van der Waals surface area contributed by atoms with Crippen molar-refractivity contribution in [1.82, 2.24) is 5.32 Å². The average Bonchev–Trinajstić information content (AvgIpc) is 3.06. The molecule has 0 heterocycles. The van der Waals surface area contributed by atoms with Crippen LogP contribution in [0.15, 0.2) is 0 Å². The lowest BCUT2D eigenvalue weighted by Gasteiger charge is -2.32. The zero-order valence-electron chi connectivity index (χ0n) is 12.2. The summed E-state index contributed by atoms with van der Waals surface area (Å²) in [4.78, 5) is 11.8. The quantitative estimate of drug-likeness (QED) is 0.659. The maximum atomic E-state index is 11.8. The fraction of sp³-hybridized carbons (Fsp3) is 0.929. The van der Waals surface area contributed by atoms with Crippen LogP contribution in [0.25, 0.3) is 0 Å². The lowest BCUT2D eigenvalue weighted by atomic mass is 9.93. The molecule has 0 bridgehead atoms. The van der Waals surface area contributed by atoms with Crippen LogP contribution in [-0.2, 0) is 9.53 Å². The van der Waals surface area contributed by atoms with Gasteiger partial charge >= 0.3 is 0 Å². The van der Waals surface area contributed by atoms with E-state index in [1.54, 1.807) is 0 Å². The zero-order chi connectivity index (χ0) is 13.8. The smallest absolute Gasteiger partial charge is 0.240 e. The van der Waals surface area contributed by atoms with Crippen molar-refractivity contribution in [2.24, 2.45) is 17.6 Å². The number of amides is 1. The van der Waals surface area contributed by atoms with Gasteiger partial charge in [-0.2, -0.15) is 0 Å². The normalized spacial score (nSPS) is 20.7. The first kappa shape index (κ1) is 15.4. The second-order valence-corrected chi connectivity index (χ2v) is 5.89. The van der Waals surface area contributed by atoms with E-state index in [1.807, 2.05) is 6.92 Å². The van der Waals surface area contributed by atoms with Crippen molar-refractivity contribution in [2.75, 3.05) is 13.2 Å². The number of rotatable bonds is 9. The minimum Gasteiger partial charge on any atom is -0.376 e. The molecule has 3 N–H and O–H groups in total. The molecule has 4 nitrogen and oxygen atoms in total. The van der Waals surface area contributed by atoms with Gasteiger partial charge in [-0.25, -0.2) is 0 Å². The van der Waals surface area contributed by atoms with Crippen LogP contribution in [-0.4, -0.2) is 30.7 Å². The summed E-state index contributed by atoms with van der Waals surface area (Å²) in [5, 5.41) is 3.27. The summed E-state index contributed by atoms with van der Waals surface area (Å²) < 4.78 is 5.87. The maximum Gasteiger partial charge on any atom is 0.240 e. The van der Waals surface area contributed by atoms with Crippen molar-refractivity contribution in [3.8, 4) is 0 Å². The predicted molar refractivity (Wildman–Crippen MR) is 73.2 cm³/mol. The number of carbonyl (C=O) groups is 1. The Balaban J connectivity index is 2.58.